The number of aliphatic imine (C=N–C) groups is 1. The summed E-state index contributed by atoms with van der Waals surface area (Å²) in [6.45, 7) is 1.97. The summed E-state index contributed by atoms with van der Waals surface area (Å²) in [4.78, 5) is 4.00. The Morgan fingerprint density at radius 2 is 2.17 bits per heavy atom. The molecule has 0 fully saturated rings. The van der Waals surface area contributed by atoms with Crippen LogP contribution >= 0.6 is 0 Å². The third kappa shape index (κ3) is 1.80. The molecule has 5 nitrogen and oxygen atoms in total. The minimum Gasteiger partial charge on any atom is -0.301 e. The Bertz CT molecular complexity index is 597. The molecule has 0 radical (unpaired) electrons. The zero-order valence-electron chi connectivity index (χ0n) is 9.94. The van der Waals surface area contributed by atoms with E-state index in [9.17, 15) is 0 Å². The normalized spacial score (nSPS) is 19.8. The van der Waals surface area contributed by atoms with Crippen LogP contribution in [0.5, 0.6) is 0 Å². The van der Waals surface area contributed by atoms with Gasteiger partial charge in [-0.05, 0) is 30.7 Å². The van der Waals surface area contributed by atoms with E-state index in [1.807, 2.05) is 42.4 Å². The molecule has 3 rings (SSSR count). The van der Waals surface area contributed by atoms with Crippen molar-refractivity contribution < 1.29 is 0 Å². The molecular weight excluding hydrogens is 226 g/mol. The Labute approximate surface area is 105 Å². The van der Waals surface area contributed by atoms with Gasteiger partial charge in [-0.1, -0.05) is 12.1 Å². The standard InChI is InChI=1S/C13H13N5/c1-9-6-13(14)15-7-10(9)8-18-12-5-3-2-4-11(12)16-17-18/h2-8,14,16-17H,1H3. The highest BCUT2D eigenvalue weighted by Gasteiger charge is 2.16. The molecule has 0 unspecified atom stereocenters. The van der Waals surface area contributed by atoms with Gasteiger partial charge in [-0.25, -0.2) is 4.99 Å². The fourth-order valence-electron chi connectivity index (χ4n) is 1.91. The van der Waals surface area contributed by atoms with E-state index in [1.54, 1.807) is 12.3 Å². The fourth-order valence-corrected chi connectivity index (χ4v) is 1.91. The van der Waals surface area contributed by atoms with Crippen LogP contribution in [0.1, 0.15) is 6.92 Å². The quantitative estimate of drug-likeness (QED) is 0.704. The predicted octanol–water partition coefficient (Wildman–Crippen LogP) is 2.23. The van der Waals surface area contributed by atoms with Crippen LogP contribution in [0.25, 0.3) is 0 Å². The predicted molar refractivity (Wildman–Crippen MR) is 73.7 cm³/mol. The Kier molecular flexibility index (Phi) is 2.46. The Hall–Kier alpha value is -2.40. The molecule has 2 aliphatic rings. The van der Waals surface area contributed by atoms with E-state index in [0.717, 1.165) is 22.5 Å². The number of dihydropyridines is 1. The topological polar surface area (TPSA) is 63.5 Å². The van der Waals surface area contributed by atoms with E-state index in [4.69, 9.17) is 5.41 Å². The number of hydrogen-bond donors (Lipinski definition) is 3. The first kappa shape index (κ1) is 10.7. The van der Waals surface area contributed by atoms with Gasteiger partial charge in [-0.3, -0.25) is 10.4 Å². The number of benzene rings is 1. The van der Waals surface area contributed by atoms with Crippen molar-refractivity contribution in [1.29, 1.82) is 5.41 Å². The summed E-state index contributed by atoms with van der Waals surface area (Å²) in [5.74, 6) is 0.289. The Balaban J connectivity index is 1.93. The maximum atomic E-state index is 7.47. The summed E-state index contributed by atoms with van der Waals surface area (Å²) in [6, 6.07) is 8.01. The van der Waals surface area contributed by atoms with Crippen molar-refractivity contribution in [1.82, 2.24) is 5.53 Å². The molecule has 2 aliphatic heterocycles. The molecule has 0 bridgehead atoms. The lowest BCUT2D eigenvalue weighted by molar-refractivity contribution is 0.853. The lowest BCUT2D eigenvalue weighted by Crippen LogP contribution is -2.31. The molecule has 0 spiro atoms. The number of nitrogens with one attached hydrogen (secondary N) is 3. The van der Waals surface area contributed by atoms with E-state index < -0.39 is 0 Å². The van der Waals surface area contributed by atoms with Crippen molar-refractivity contribution in [2.75, 3.05) is 10.4 Å². The van der Waals surface area contributed by atoms with Crippen molar-refractivity contribution in [3.63, 3.8) is 0 Å². The van der Waals surface area contributed by atoms with E-state index in [-0.39, 0.29) is 5.84 Å². The zero-order valence-corrected chi connectivity index (χ0v) is 9.94. The van der Waals surface area contributed by atoms with Crippen LogP contribution in [0.4, 0.5) is 11.4 Å². The van der Waals surface area contributed by atoms with Crippen LogP contribution in [0.3, 0.4) is 0 Å². The first-order chi connectivity index (χ1) is 8.74. The van der Waals surface area contributed by atoms with E-state index in [0.29, 0.717) is 0 Å². The second kappa shape index (κ2) is 4.12. The molecule has 3 N–H and O–H groups in total. The summed E-state index contributed by atoms with van der Waals surface area (Å²) in [5, 5.41) is 9.37. The summed E-state index contributed by atoms with van der Waals surface area (Å²) in [5.41, 5.74) is 10.3. The molecule has 1 aromatic rings. The minimum atomic E-state index is 0.289. The highest BCUT2D eigenvalue weighted by Crippen LogP contribution is 2.29. The summed E-state index contributed by atoms with van der Waals surface area (Å²) in [6.07, 6.45) is 5.42. The van der Waals surface area contributed by atoms with Crippen LogP contribution in [-0.4, -0.2) is 12.1 Å². The molecule has 1 aromatic carbocycles. The molecule has 0 aliphatic carbocycles. The molecular formula is C13H13N5. The third-order valence-electron chi connectivity index (χ3n) is 2.89. The van der Waals surface area contributed by atoms with Gasteiger partial charge in [0.05, 0.1) is 11.4 Å². The zero-order chi connectivity index (χ0) is 12.5. The molecule has 0 saturated carbocycles. The molecule has 90 valence electrons. The second-order valence-electron chi connectivity index (χ2n) is 4.18. The summed E-state index contributed by atoms with van der Waals surface area (Å²) >= 11 is 0. The van der Waals surface area contributed by atoms with Gasteiger partial charge in [0.1, 0.15) is 5.84 Å². The lowest BCUT2D eigenvalue weighted by Gasteiger charge is -2.15. The van der Waals surface area contributed by atoms with Crippen molar-refractivity contribution in [2.24, 2.45) is 4.99 Å². The smallest absolute Gasteiger partial charge is 0.144 e. The number of rotatable bonds is 1. The second-order valence-corrected chi connectivity index (χ2v) is 4.18. The van der Waals surface area contributed by atoms with Crippen LogP contribution in [0.15, 0.2) is 52.7 Å². The number of hydrazine groups is 2. The van der Waals surface area contributed by atoms with Gasteiger partial charge < -0.3 is 5.43 Å². The van der Waals surface area contributed by atoms with Crippen molar-refractivity contribution in [3.05, 3.63) is 47.7 Å². The molecule has 18 heavy (non-hydrogen) atoms. The highest BCUT2D eigenvalue weighted by molar-refractivity contribution is 6.05. The minimum absolute atomic E-state index is 0.289. The lowest BCUT2D eigenvalue weighted by atomic mass is 10.1. The Morgan fingerprint density at radius 1 is 1.33 bits per heavy atom. The van der Waals surface area contributed by atoms with Crippen molar-refractivity contribution >= 4 is 23.4 Å². The number of para-hydroxylation sites is 2. The number of allylic oxidation sites excluding steroid dienone is 2. The number of nitrogens with zero attached hydrogens (tertiary/aromatic N) is 2. The average molecular weight is 239 g/mol. The third-order valence-corrected chi connectivity index (χ3v) is 2.89. The first-order valence-electron chi connectivity index (χ1n) is 5.67. The van der Waals surface area contributed by atoms with Crippen LogP contribution in [0, 0.1) is 5.41 Å². The monoisotopic (exact) mass is 239 g/mol. The Morgan fingerprint density at radius 3 is 3.00 bits per heavy atom. The van der Waals surface area contributed by atoms with Crippen molar-refractivity contribution in [3.8, 4) is 0 Å². The van der Waals surface area contributed by atoms with Gasteiger partial charge in [0.25, 0.3) is 0 Å². The average Bonchev–Trinajstić information content (AvgIpc) is 2.76. The maximum Gasteiger partial charge on any atom is 0.144 e. The van der Waals surface area contributed by atoms with E-state index in [2.05, 4.69) is 16.0 Å². The molecule has 0 saturated heterocycles. The summed E-state index contributed by atoms with van der Waals surface area (Å²) < 4.78 is 0. The number of fused-ring (bicyclic) bond motifs is 1. The van der Waals surface area contributed by atoms with Gasteiger partial charge in [-0.15, -0.1) is 5.53 Å². The van der Waals surface area contributed by atoms with Gasteiger partial charge in [0.2, 0.25) is 0 Å². The number of amidine groups is 1. The highest BCUT2D eigenvalue weighted by atomic mass is 15.7. The SMILES string of the molecule is CC1=CC(=N)N=CC1=CN1NNc2ccccc21. The van der Waals surface area contributed by atoms with Crippen LogP contribution in [-0.2, 0) is 0 Å². The summed E-state index contributed by atoms with van der Waals surface area (Å²) in [7, 11) is 0. The maximum absolute atomic E-state index is 7.47. The number of hydrogen-bond acceptors (Lipinski definition) is 4. The molecule has 2 heterocycles. The van der Waals surface area contributed by atoms with E-state index >= 15 is 0 Å². The van der Waals surface area contributed by atoms with Crippen molar-refractivity contribution in [2.45, 2.75) is 6.92 Å². The molecule has 5 heteroatoms. The molecule has 0 atom stereocenters. The van der Waals surface area contributed by atoms with Gasteiger partial charge in [0, 0.05) is 18.0 Å². The van der Waals surface area contributed by atoms with E-state index in [1.165, 1.54) is 0 Å². The largest absolute Gasteiger partial charge is 0.301 e. The van der Waals surface area contributed by atoms with Gasteiger partial charge >= 0.3 is 0 Å². The van der Waals surface area contributed by atoms with Gasteiger partial charge in [-0.2, -0.15) is 0 Å². The first-order valence-corrected chi connectivity index (χ1v) is 5.67. The van der Waals surface area contributed by atoms with Gasteiger partial charge in [0.15, 0.2) is 0 Å². The van der Waals surface area contributed by atoms with Crippen LogP contribution < -0.4 is 16.0 Å². The fraction of sp³-hybridized carbons (Fsp3) is 0.0769. The van der Waals surface area contributed by atoms with Crippen LogP contribution in [0.2, 0.25) is 0 Å². The molecule has 0 amide bonds. The molecule has 0 aromatic heterocycles. The number of anilines is 2.